The molecule has 1 N–H and O–H groups in total. The Bertz CT molecular complexity index is 1090. The van der Waals surface area contributed by atoms with Crippen LogP contribution in [-0.4, -0.2) is 41.7 Å². The predicted octanol–water partition coefficient (Wildman–Crippen LogP) is 5.45. The number of halogens is 2. The van der Waals surface area contributed by atoms with Gasteiger partial charge in [-0.1, -0.05) is 23.2 Å². The van der Waals surface area contributed by atoms with Crippen molar-refractivity contribution in [2.24, 2.45) is 10.2 Å². The van der Waals surface area contributed by atoms with E-state index in [1.807, 2.05) is 4.90 Å². The zero-order valence-corrected chi connectivity index (χ0v) is 19.2. The number of benzene rings is 2. The number of anilines is 1. The minimum Gasteiger partial charge on any atom is -0.481 e. The molecule has 0 saturated heterocycles. The van der Waals surface area contributed by atoms with E-state index < -0.39 is 16.9 Å². The number of carboxylic acid groups (broad SMARTS) is 1. The van der Waals surface area contributed by atoms with E-state index in [0.29, 0.717) is 18.8 Å². The highest BCUT2D eigenvalue weighted by Gasteiger charge is 2.15. The van der Waals surface area contributed by atoms with Crippen LogP contribution in [0.4, 0.5) is 22.7 Å². The number of esters is 1. The maximum Gasteiger partial charge on any atom is 0.306 e. The Labute approximate surface area is 204 Å². The summed E-state index contributed by atoms with van der Waals surface area (Å²) in [5.74, 6) is -1.69. The molecular formula is C21H19Cl2N5O6. The number of hydrogen-bond acceptors (Lipinski definition) is 9. The van der Waals surface area contributed by atoms with Crippen molar-refractivity contribution in [1.29, 1.82) is 5.26 Å². The second kappa shape index (κ2) is 13.1. The maximum atomic E-state index is 11.6. The van der Waals surface area contributed by atoms with Crippen molar-refractivity contribution in [2.45, 2.75) is 19.3 Å². The smallest absolute Gasteiger partial charge is 0.306 e. The number of aliphatic carboxylic acids is 1. The van der Waals surface area contributed by atoms with Crippen LogP contribution in [-0.2, 0) is 14.3 Å². The molecule has 0 amide bonds. The van der Waals surface area contributed by atoms with E-state index in [1.54, 1.807) is 24.3 Å². The molecule has 34 heavy (non-hydrogen) atoms. The predicted molar refractivity (Wildman–Crippen MR) is 124 cm³/mol. The van der Waals surface area contributed by atoms with Crippen LogP contribution in [0.15, 0.2) is 46.6 Å². The molecule has 13 heteroatoms. The van der Waals surface area contributed by atoms with Crippen molar-refractivity contribution in [3.8, 4) is 6.07 Å². The number of rotatable bonds is 12. The Kier molecular flexibility index (Phi) is 10.2. The fraction of sp³-hybridized carbons (Fsp3) is 0.286. The number of ether oxygens (including phenoxy) is 1. The Hall–Kier alpha value is -3.75. The van der Waals surface area contributed by atoms with Crippen LogP contribution in [0.25, 0.3) is 0 Å². The van der Waals surface area contributed by atoms with Crippen molar-refractivity contribution < 1.29 is 24.4 Å². The molecule has 2 aromatic rings. The molecule has 0 atom stereocenters. The Morgan fingerprint density at radius 3 is 2.32 bits per heavy atom. The van der Waals surface area contributed by atoms with Gasteiger partial charge in [0.2, 0.25) is 0 Å². The van der Waals surface area contributed by atoms with Gasteiger partial charge in [-0.2, -0.15) is 10.4 Å². The number of carboxylic acids is 1. The molecule has 0 aromatic heterocycles. The average Bonchev–Trinajstić information content (AvgIpc) is 2.79. The summed E-state index contributed by atoms with van der Waals surface area (Å²) in [4.78, 5) is 34.2. The van der Waals surface area contributed by atoms with Crippen LogP contribution in [0, 0.1) is 21.4 Å². The first-order chi connectivity index (χ1) is 16.2. The normalized spacial score (nSPS) is 10.6. The minimum atomic E-state index is -1.08. The van der Waals surface area contributed by atoms with Crippen molar-refractivity contribution >= 4 is 57.9 Å². The number of carbonyl (C=O) groups excluding carboxylic acids is 1. The van der Waals surface area contributed by atoms with E-state index in [0.717, 1.165) is 17.8 Å². The first-order valence-electron chi connectivity index (χ1n) is 9.85. The monoisotopic (exact) mass is 507 g/mol. The van der Waals surface area contributed by atoms with E-state index in [9.17, 15) is 19.7 Å². The molecule has 178 valence electrons. The molecule has 0 heterocycles. The van der Waals surface area contributed by atoms with Gasteiger partial charge in [-0.3, -0.25) is 19.7 Å². The molecule has 0 spiro atoms. The lowest BCUT2D eigenvalue weighted by Gasteiger charge is -2.23. The van der Waals surface area contributed by atoms with Crippen LogP contribution < -0.4 is 4.90 Å². The van der Waals surface area contributed by atoms with E-state index in [1.165, 1.54) is 0 Å². The van der Waals surface area contributed by atoms with Gasteiger partial charge in [0, 0.05) is 24.4 Å². The van der Waals surface area contributed by atoms with Gasteiger partial charge in [0.1, 0.15) is 12.3 Å². The summed E-state index contributed by atoms with van der Waals surface area (Å²) in [6.07, 6.45) is -0.273. The van der Waals surface area contributed by atoms with E-state index in [-0.39, 0.29) is 47.3 Å². The number of carbonyl (C=O) groups is 2. The molecule has 0 aliphatic carbocycles. The van der Waals surface area contributed by atoms with Crippen molar-refractivity contribution in [3.63, 3.8) is 0 Å². The zero-order valence-electron chi connectivity index (χ0n) is 17.7. The third-order valence-electron chi connectivity index (χ3n) is 4.35. The molecule has 0 radical (unpaired) electrons. The molecule has 0 aliphatic rings. The summed E-state index contributed by atoms with van der Waals surface area (Å²) in [7, 11) is 0. The summed E-state index contributed by atoms with van der Waals surface area (Å²) < 4.78 is 5.05. The van der Waals surface area contributed by atoms with Crippen molar-refractivity contribution in [1.82, 2.24) is 0 Å². The van der Waals surface area contributed by atoms with Gasteiger partial charge in [-0.05, 0) is 24.3 Å². The van der Waals surface area contributed by atoms with Crippen LogP contribution in [0.3, 0.4) is 0 Å². The van der Waals surface area contributed by atoms with Gasteiger partial charge in [0.15, 0.2) is 0 Å². The van der Waals surface area contributed by atoms with Gasteiger partial charge in [-0.15, -0.1) is 5.11 Å². The number of nitrogens with zero attached hydrogens (tertiary/aromatic N) is 5. The summed E-state index contributed by atoms with van der Waals surface area (Å²) in [5.41, 5.74) is 1.03. The summed E-state index contributed by atoms with van der Waals surface area (Å²) >= 11 is 12.1. The number of azo groups is 1. The minimum absolute atomic E-state index is 0.0137. The summed E-state index contributed by atoms with van der Waals surface area (Å²) in [6, 6.07) is 11.1. The quantitative estimate of drug-likeness (QED) is 0.172. The van der Waals surface area contributed by atoms with E-state index in [2.05, 4.69) is 16.3 Å². The zero-order chi connectivity index (χ0) is 25.1. The fourth-order valence-corrected chi connectivity index (χ4v) is 3.25. The Morgan fingerprint density at radius 1 is 1.12 bits per heavy atom. The van der Waals surface area contributed by atoms with Crippen molar-refractivity contribution in [3.05, 3.63) is 56.6 Å². The lowest BCUT2D eigenvalue weighted by atomic mass is 10.2. The number of nitro benzene ring substituents is 1. The number of nitriles is 1. The number of non-ortho nitro benzene ring substituents is 1. The Balaban J connectivity index is 2.05. The second-order valence-corrected chi connectivity index (χ2v) is 7.56. The molecule has 0 aliphatic heterocycles. The van der Waals surface area contributed by atoms with Crippen LogP contribution in [0.1, 0.15) is 19.3 Å². The largest absolute Gasteiger partial charge is 0.481 e. The number of nitro groups is 1. The van der Waals surface area contributed by atoms with Gasteiger partial charge < -0.3 is 14.7 Å². The first-order valence-corrected chi connectivity index (χ1v) is 10.6. The highest BCUT2D eigenvalue weighted by atomic mass is 35.5. The van der Waals surface area contributed by atoms with Crippen LogP contribution in [0.5, 0.6) is 0 Å². The van der Waals surface area contributed by atoms with Gasteiger partial charge in [0.05, 0.1) is 52.5 Å². The maximum absolute atomic E-state index is 11.6. The molecule has 2 aromatic carbocycles. The first kappa shape index (κ1) is 26.5. The molecule has 0 saturated carbocycles. The summed E-state index contributed by atoms with van der Waals surface area (Å²) in [5, 5.41) is 36.4. The van der Waals surface area contributed by atoms with E-state index in [4.69, 9.17) is 38.3 Å². The standard InChI is InChI=1S/C21H19Cl2N5O6/c22-17-12-16(28(32)33)13-18(23)21(17)26-25-14-2-4-15(5-3-14)27(9-1-8-24)10-11-34-20(31)7-6-19(29)30/h2-5,12-13H,1,6-7,9-11H2,(H,29,30). The van der Waals surface area contributed by atoms with Crippen molar-refractivity contribution in [2.75, 3.05) is 24.6 Å². The van der Waals surface area contributed by atoms with Gasteiger partial charge in [-0.25, -0.2) is 0 Å². The number of hydrogen-bond donors (Lipinski definition) is 1. The lowest BCUT2D eigenvalue weighted by molar-refractivity contribution is -0.384. The highest BCUT2D eigenvalue weighted by Crippen LogP contribution is 2.37. The van der Waals surface area contributed by atoms with Gasteiger partial charge >= 0.3 is 11.9 Å². The second-order valence-electron chi connectivity index (χ2n) is 6.74. The molecule has 0 bridgehead atoms. The third-order valence-corrected chi connectivity index (χ3v) is 4.93. The topological polar surface area (TPSA) is 158 Å². The molecule has 2 rings (SSSR count). The SMILES string of the molecule is N#CCCN(CCOC(=O)CCC(=O)O)c1ccc(N=Nc2c(Cl)cc([N+](=O)[O-])cc2Cl)cc1. The average molecular weight is 508 g/mol. The summed E-state index contributed by atoms with van der Waals surface area (Å²) in [6.45, 7) is 0.718. The van der Waals surface area contributed by atoms with Crippen LogP contribution in [0.2, 0.25) is 10.0 Å². The molecule has 11 nitrogen and oxygen atoms in total. The fourth-order valence-electron chi connectivity index (χ4n) is 2.70. The highest BCUT2D eigenvalue weighted by molar-refractivity contribution is 6.39. The Morgan fingerprint density at radius 2 is 1.76 bits per heavy atom. The van der Waals surface area contributed by atoms with Crippen LogP contribution >= 0.6 is 23.2 Å². The lowest BCUT2D eigenvalue weighted by Crippen LogP contribution is -2.29. The molecular weight excluding hydrogens is 489 g/mol. The molecule has 0 unspecified atom stereocenters. The van der Waals surface area contributed by atoms with Gasteiger partial charge in [0.25, 0.3) is 5.69 Å². The van der Waals surface area contributed by atoms with E-state index >= 15 is 0 Å². The third kappa shape index (κ3) is 8.31. The molecule has 0 fully saturated rings.